The van der Waals surface area contributed by atoms with Crippen LogP contribution in [0.15, 0.2) is 12.4 Å². The Hall–Kier alpha value is -0.870. The van der Waals surface area contributed by atoms with Gasteiger partial charge in [0.25, 0.3) is 0 Å². The summed E-state index contributed by atoms with van der Waals surface area (Å²) in [6.45, 7) is 3.28. The van der Waals surface area contributed by atoms with Crippen molar-refractivity contribution in [1.29, 1.82) is 0 Å². The van der Waals surface area contributed by atoms with Crippen LogP contribution in [-0.2, 0) is 13.0 Å². The maximum absolute atomic E-state index is 9.99. The van der Waals surface area contributed by atoms with Gasteiger partial charge in [-0.25, -0.2) is 4.98 Å². The molecule has 0 amide bonds. The molecule has 3 rings (SSSR count). The molecule has 1 aromatic rings. The second-order valence-electron chi connectivity index (χ2n) is 6.23. The van der Waals surface area contributed by atoms with Gasteiger partial charge in [-0.3, -0.25) is 0 Å². The molecule has 0 bridgehead atoms. The Kier molecular flexibility index (Phi) is 3.63. The first-order chi connectivity index (χ1) is 9.27. The van der Waals surface area contributed by atoms with Gasteiger partial charge >= 0.3 is 0 Å². The summed E-state index contributed by atoms with van der Waals surface area (Å²) >= 11 is 0. The molecular formula is C15H25N3O. The van der Waals surface area contributed by atoms with E-state index in [-0.39, 0.29) is 12.1 Å². The molecule has 2 N–H and O–H groups in total. The Balaban J connectivity index is 1.77. The molecular weight excluding hydrogens is 238 g/mol. The standard InChI is InChI=1S/C15H25N3O/c1-2-3-14-16-8-9-18(14)10-15(11-19,12-4-5-12)17-13-6-7-13/h8-9,12-13,17,19H,2-7,10-11H2,1H3. The predicted octanol–water partition coefficient (Wildman–Crippen LogP) is 1.73. The number of nitrogens with zero attached hydrogens (tertiary/aromatic N) is 2. The third kappa shape index (κ3) is 2.84. The Morgan fingerprint density at radius 3 is 2.79 bits per heavy atom. The van der Waals surface area contributed by atoms with Crippen LogP contribution in [0.1, 0.15) is 44.9 Å². The fraction of sp³-hybridized carbons (Fsp3) is 0.800. The summed E-state index contributed by atoms with van der Waals surface area (Å²) in [6.07, 6.45) is 11.1. The van der Waals surface area contributed by atoms with Gasteiger partial charge in [-0.1, -0.05) is 6.92 Å². The maximum Gasteiger partial charge on any atom is 0.108 e. The third-order valence-corrected chi connectivity index (χ3v) is 4.44. The largest absolute Gasteiger partial charge is 0.394 e. The number of hydrogen-bond donors (Lipinski definition) is 2. The van der Waals surface area contributed by atoms with E-state index >= 15 is 0 Å². The number of aryl methyl sites for hydroxylation is 1. The molecule has 0 aliphatic heterocycles. The van der Waals surface area contributed by atoms with Gasteiger partial charge in [-0.15, -0.1) is 0 Å². The van der Waals surface area contributed by atoms with Gasteiger partial charge < -0.3 is 15.0 Å². The average molecular weight is 263 g/mol. The van der Waals surface area contributed by atoms with Crippen LogP contribution >= 0.6 is 0 Å². The highest BCUT2D eigenvalue weighted by Gasteiger charge is 2.47. The summed E-state index contributed by atoms with van der Waals surface area (Å²) in [7, 11) is 0. The summed E-state index contributed by atoms with van der Waals surface area (Å²) in [5.74, 6) is 1.79. The highest BCUT2D eigenvalue weighted by atomic mass is 16.3. The maximum atomic E-state index is 9.99. The highest BCUT2D eigenvalue weighted by Crippen LogP contribution is 2.42. The lowest BCUT2D eigenvalue weighted by molar-refractivity contribution is 0.119. The second-order valence-corrected chi connectivity index (χ2v) is 6.23. The third-order valence-electron chi connectivity index (χ3n) is 4.44. The molecule has 0 spiro atoms. The quantitative estimate of drug-likeness (QED) is 0.751. The minimum absolute atomic E-state index is 0.121. The van der Waals surface area contributed by atoms with Crippen molar-refractivity contribution in [2.45, 2.75) is 63.6 Å². The molecule has 106 valence electrons. The Bertz CT molecular complexity index is 423. The number of imidazole rings is 1. The Morgan fingerprint density at radius 1 is 1.42 bits per heavy atom. The van der Waals surface area contributed by atoms with Gasteiger partial charge in [0.1, 0.15) is 5.82 Å². The van der Waals surface area contributed by atoms with Crippen LogP contribution in [0.25, 0.3) is 0 Å². The van der Waals surface area contributed by atoms with Crippen molar-refractivity contribution in [3.8, 4) is 0 Å². The van der Waals surface area contributed by atoms with Crippen molar-refractivity contribution in [2.75, 3.05) is 6.61 Å². The lowest BCUT2D eigenvalue weighted by Gasteiger charge is -2.34. The SMILES string of the molecule is CCCc1nccn1CC(CO)(NC1CC1)C1CC1. The molecule has 0 radical (unpaired) electrons. The van der Waals surface area contributed by atoms with E-state index < -0.39 is 0 Å². The van der Waals surface area contributed by atoms with E-state index in [1.807, 2.05) is 6.20 Å². The zero-order chi connectivity index (χ0) is 13.3. The molecule has 2 aliphatic carbocycles. The zero-order valence-electron chi connectivity index (χ0n) is 11.8. The first-order valence-electron chi connectivity index (χ1n) is 7.66. The molecule has 4 nitrogen and oxygen atoms in total. The van der Waals surface area contributed by atoms with E-state index in [0.29, 0.717) is 12.0 Å². The Morgan fingerprint density at radius 2 is 2.21 bits per heavy atom. The van der Waals surface area contributed by atoms with Crippen molar-refractivity contribution in [3.63, 3.8) is 0 Å². The molecule has 4 heteroatoms. The van der Waals surface area contributed by atoms with Crippen molar-refractivity contribution >= 4 is 0 Å². The Labute approximate surface area is 115 Å². The molecule has 1 unspecified atom stereocenters. The van der Waals surface area contributed by atoms with Crippen LogP contribution in [0.2, 0.25) is 0 Å². The molecule has 0 aromatic carbocycles. The minimum atomic E-state index is -0.121. The van der Waals surface area contributed by atoms with E-state index in [0.717, 1.165) is 25.2 Å². The number of aromatic nitrogens is 2. The van der Waals surface area contributed by atoms with Crippen LogP contribution in [0.5, 0.6) is 0 Å². The molecule has 0 saturated heterocycles. The monoisotopic (exact) mass is 263 g/mol. The van der Waals surface area contributed by atoms with Crippen LogP contribution in [0, 0.1) is 5.92 Å². The summed E-state index contributed by atoms with van der Waals surface area (Å²) < 4.78 is 2.24. The van der Waals surface area contributed by atoms with E-state index in [1.54, 1.807) is 0 Å². The lowest BCUT2D eigenvalue weighted by atomic mass is 9.93. The minimum Gasteiger partial charge on any atom is -0.394 e. The summed E-state index contributed by atoms with van der Waals surface area (Å²) in [5.41, 5.74) is -0.121. The zero-order valence-corrected chi connectivity index (χ0v) is 11.8. The van der Waals surface area contributed by atoms with E-state index in [2.05, 4.69) is 28.0 Å². The summed E-state index contributed by atoms with van der Waals surface area (Å²) in [5, 5.41) is 13.7. The number of rotatable bonds is 8. The smallest absolute Gasteiger partial charge is 0.108 e. The first-order valence-corrected chi connectivity index (χ1v) is 7.66. The first kappa shape index (κ1) is 13.1. The number of aliphatic hydroxyl groups excluding tert-OH is 1. The van der Waals surface area contributed by atoms with Crippen LogP contribution in [0.3, 0.4) is 0 Å². The number of aliphatic hydroxyl groups is 1. The fourth-order valence-electron chi connectivity index (χ4n) is 3.03. The molecule has 1 aromatic heterocycles. The molecule has 1 heterocycles. The van der Waals surface area contributed by atoms with Crippen LogP contribution in [-0.4, -0.2) is 32.8 Å². The molecule has 2 saturated carbocycles. The van der Waals surface area contributed by atoms with Crippen molar-refractivity contribution < 1.29 is 5.11 Å². The summed E-state index contributed by atoms with van der Waals surface area (Å²) in [6, 6.07) is 0.630. The van der Waals surface area contributed by atoms with Gasteiger partial charge in [-0.2, -0.15) is 0 Å². The van der Waals surface area contributed by atoms with Crippen LogP contribution < -0.4 is 5.32 Å². The van der Waals surface area contributed by atoms with Gasteiger partial charge in [0.05, 0.1) is 12.1 Å². The molecule has 1 atom stereocenters. The average Bonchev–Trinajstić information content (AvgIpc) is 3.31. The van der Waals surface area contributed by atoms with Gasteiger partial charge in [0, 0.05) is 31.4 Å². The lowest BCUT2D eigenvalue weighted by Crippen LogP contribution is -2.54. The second kappa shape index (κ2) is 5.25. The van der Waals surface area contributed by atoms with E-state index in [9.17, 15) is 5.11 Å². The normalized spacial score (nSPS) is 22.4. The van der Waals surface area contributed by atoms with Crippen molar-refractivity contribution in [2.24, 2.45) is 5.92 Å². The number of hydrogen-bond acceptors (Lipinski definition) is 3. The van der Waals surface area contributed by atoms with E-state index in [1.165, 1.54) is 25.7 Å². The topological polar surface area (TPSA) is 50.1 Å². The van der Waals surface area contributed by atoms with E-state index in [4.69, 9.17) is 0 Å². The van der Waals surface area contributed by atoms with Gasteiger partial charge in [-0.05, 0) is 38.0 Å². The molecule has 2 aliphatic rings. The van der Waals surface area contributed by atoms with Gasteiger partial charge in [0.15, 0.2) is 0 Å². The molecule has 19 heavy (non-hydrogen) atoms. The molecule has 2 fully saturated rings. The van der Waals surface area contributed by atoms with Crippen LogP contribution in [0.4, 0.5) is 0 Å². The van der Waals surface area contributed by atoms with Gasteiger partial charge in [0.2, 0.25) is 0 Å². The van der Waals surface area contributed by atoms with Crippen molar-refractivity contribution in [1.82, 2.24) is 14.9 Å². The van der Waals surface area contributed by atoms with Crippen molar-refractivity contribution in [3.05, 3.63) is 18.2 Å². The highest BCUT2D eigenvalue weighted by molar-refractivity contribution is 5.06. The summed E-state index contributed by atoms with van der Waals surface area (Å²) in [4.78, 5) is 4.45. The predicted molar refractivity (Wildman–Crippen MR) is 74.9 cm³/mol. The fourth-order valence-corrected chi connectivity index (χ4v) is 3.03. The number of nitrogens with one attached hydrogen (secondary N) is 1.